The molecule has 0 saturated heterocycles. The molecule has 0 aliphatic rings. The van der Waals surface area contributed by atoms with Gasteiger partial charge in [-0.1, -0.05) is 72.8 Å². The quantitative estimate of drug-likeness (QED) is 0.232. The molecule has 4 aromatic rings. The first kappa shape index (κ1) is 20.6. The average Bonchev–Trinajstić information content (AvgIpc) is 3.16. The first-order chi connectivity index (χ1) is 15.0. The minimum absolute atomic E-state index is 0.0266. The summed E-state index contributed by atoms with van der Waals surface area (Å²) in [7, 11) is -1.53. The third kappa shape index (κ3) is 4.45. The van der Waals surface area contributed by atoms with E-state index in [9.17, 15) is 20.2 Å². The van der Waals surface area contributed by atoms with Gasteiger partial charge in [-0.2, -0.15) is 0 Å². The third-order valence-corrected chi connectivity index (χ3v) is 5.40. The van der Waals surface area contributed by atoms with Crippen LogP contribution in [0.1, 0.15) is 23.5 Å². The van der Waals surface area contributed by atoms with Crippen molar-refractivity contribution < 1.29 is 20.0 Å². The minimum Gasteiger partial charge on any atom is -0.423 e. The second-order valence-corrected chi connectivity index (χ2v) is 7.26. The van der Waals surface area contributed by atoms with Crippen molar-refractivity contribution in [1.29, 1.82) is 0 Å². The first-order valence-corrected chi connectivity index (χ1v) is 9.94. The largest absolute Gasteiger partial charge is 0.488 e. The van der Waals surface area contributed by atoms with E-state index in [0.717, 1.165) is 33.3 Å². The predicted molar refractivity (Wildman–Crippen MR) is 119 cm³/mol. The Hall–Kier alpha value is -3.62. The maximum Gasteiger partial charge on any atom is 0.488 e. The molecule has 3 N–H and O–H groups in total. The van der Waals surface area contributed by atoms with Crippen LogP contribution in [0.3, 0.4) is 0 Å². The Labute approximate surface area is 179 Å². The molecule has 0 aliphatic carbocycles. The van der Waals surface area contributed by atoms with E-state index < -0.39 is 12.2 Å². The van der Waals surface area contributed by atoms with Gasteiger partial charge in [0.05, 0.1) is 12.3 Å². The highest BCUT2D eigenvalue weighted by Crippen LogP contribution is 2.40. The lowest BCUT2D eigenvalue weighted by Crippen LogP contribution is -2.29. The summed E-state index contributed by atoms with van der Waals surface area (Å²) in [6, 6.07) is 24.8. The van der Waals surface area contributed by atoms with Crippen molar-refractivity contribution in [1.82, 2.24) is 4.98 Å². The van der Waals surface area contributed by atoms with Crippen LogP contribution in [0, 0.1) is 10.1 Å². The van der Waals surface area contributed by atoms with Crippen molar-refractivity contribution >= 4 is 23.5 Å². The number of aromatic nitrogens is 1. The highest BCUT2D eigenvalue weighted by Gasteiger charge is 2.24. The molecular formula is C23H21BN2O5. The SMILES string of the molecule is O=[N+]([O-])OCCC(c1ccccc1)c1c(-c2ccc(B(O)O)cc2)[nH]c2ccccc12. The number of fused-ring (bicyclic) bond motifs is 1. The lowest BCUT2D eigenvalue weighted by atomic mass is 9.79. The zero-order valence-corrected chi connectivity index (χ0v) is 16.6. The highest BCUT2D eigenvalue weighted by atomic mass is 16.9. The summed E-state index contributed by atoms with van der Waals surface area (Å²) in [6.45, 7) is -0.0266. The summed E-state index contributed by atoms with van der Waals surface area (Å²) in [5, 5.41) is 29.8. The van der Waals surface area contributed by atoms with Gasteiger partial charge < -0.3 is 19.9 Å². The van der Waals surface area contributed by atoms with E-state index in [2.05, 4.69) is 9.82 Å². The Morgan fingerprint density at radius 3 is 2.32 bits per heavy atom. The van der Waals surface area contributed by atoms with Gasteiger partial charge in [0.1, 0.15) is 0 Å². The van der Waals surface area contributed by atoms with Crippen LogP contribution in [0.4, 0.5) is 0 Å². The molecule has 8 heteroatoms. The van der Waals surface area contributed by atoms with Gasteiger partial charge in [0.2, 0.25) is 0 Å². The summed E-state index contributed by atoms with van der Waals surface area (Å²) in [4.78, 5) is 18.9. The van der Waals surface area contributed by atoms with Gasteiger partial charge in [0.15, 0.2) is 0 Å². The summed E-state index contributed by atoms with van der Waals surface area (Å²) in [5.41, 5.74) is 5.17. The Morgan fingerprint density at radius 2 is 1.65 bits per heavy atom. The van der Waals surface area contributed by atoms with Crippen molar-refractivity contribution in [2.45, 2.75) is 12.3 Å². The number of nitrogens with one attached hydrogen (secondary N) is 1. The number of para-hydroxylation sites is 1. The maximum atomic E-state index is 10.7. The standard InChI is InChI=1S/C23H21BN2O5/c27-24(28)18-12-10-17(11-13-18)23-22(20-8-4-5-9-21(20)25-23)19(14-15-31-26(29)30)16-6-2-1-3-7-16/h1-13,19,25,27-28H,14-15H2. The van der Waals surface area contributed by atoms with Crippen molar-refractivity contribution in [3.05, 3.63) is 100 Å². The van der Waals surface area contributed by atoms with E-state index in [-0.39, 0.29) is 12.5 Å². The lowest BCUT2D eigenvalue weighted by molar-refractivity contribution is -0.757. The fraction of sp³-hybridized carbons (Fsp3) is 0.130. The molecule has 1 unspecified atom stereocenters. The number of hydrogen-bond acceptors (Lipinski definition) is 5. The van der Waals surface area contributed by atoms with E-state index in [1.54, 1.807) is 12.1 Å². The molecule has 156 valence electrons. The summed E-state index contributed by atoms with van der Waals surface area (Å²) >= 11 is 0. The van der Waals surface area contributed by atoms with Crippen LogP contribution >= 0.6 is 0 Å². The van der Waals surface area contributed by atoms with Crippen molar-refractivity contribution in [2.75, 3.05) is 6.61 Å². The summed E-state index contributed by atoms with van der Waals surface area (Å²) in [5.74, 6) is -0.143. The molecule has 0 bridgehead atoms. The van der Waals surface area contributed by atoms with E-state index in [1.165, 1.54) is 0 Å². The number of nitrogens with zero attached hydrogens (tertiary/aromatic N) is 1. The zero-order valence-electron chi connectivity index (χ0n) is 16.6. The molecule has 0 saturated carbocycles. The van der Waals surface area contributed by atoms with E-state index in [1.807, 2.05) is 66.7 Å². The number of hydrogen-bond donors (Lipinski definition) is 3. The topological polar surface area (TPSA) is 109 Å². The first-order valence-electron chi connectivity index (χ1n) is 9.94. The highest BCUT2D eigenvalue weighted by molar-refractivity contribution is 6.58. The Balaban J connectivity index is 1.86. The van der Waals surface area contributed by atoms with Crippen molar-refractivity contribution in [3.63, 3.8) is 0 Å². The molecular weight excluding hydrogens is 395 g/mol. The molecule has 0 amide bonds. The number of aromatic amines is 1. The summed E-state index contributed by atoms with van der Waals surface area (Å²) < 4.78 is 0. The summed E-state index contributed by atoms with van der Waals surface area (Å²) in [6.07, 6.45) is 0.424. The number of H-pyrrole nitrogens is 1. The normalized spacial score (nSPS) is 11.9. The van der Waals surface area contributed by atoms with E-state index in [4.69, 9.17) is 0 Å². The number of benzene rings is 3. The van der Waals surface area contributed by atoms with Gasteiger partial charge in [-0.25, -0.2) is 0 Å². The van der Waals surface area contributed by atoms with Crippen LogP contribution in [0.2, 0.25) is 0 Å². The van der Waals surface area contributed by atoms with Crippen LogP contribution in [0.25, 0.3) is 22.2 Å². The predicted octanol–water partition coefficient (Wildman–Crippen LogP) is 3.25. The molecule has 0 aliphatic heterocycles. The minimum atomic E-state index is -1.53. The average molecular weight is 416 g/mol. The fourth-order valence-corrected chi connectivity index (χ4v) is 3.98. The lowest BCUT2D eigenvalue weighted by Gasteiger charge is -2.19. The van der Waals surface area contributed by atoms with Crippen LogP contribution < -0.4 is 5.46 Å². The second kappa shape index (κ2) is 9.03. The van der Waals surface area contributed by atoms with Crippen LogP contribution in [0.5, 0.6) is 0 Å². The molecule has 4 rings (SSSR count). The monoisotopic (exact) mass is 416 g/mol. The van der Waals surface area contributed by atoms with Crippen molar-refractivity contribution in [2.24, 2.45) is 0 Å². The van der Waals surface area contributed by atoms with Crippen LogP contribution in [0.15, 0.2) is 78.9 Å². The van der Waals surface area contributed by atoms with E-state index >= 15 is 0 Å². The van der Waals surface area contributed by atoms with Crippen LogP contribution in [-0.4, -0.2) is 33.8 Å². The molecule has 31 heavy (non-hydrogen) atoms. The van der Waals surface area contributed by atoms with Gasteiger partial charge in [-0.05, 0) is 34.6 Å². The molecule has 0 radical (unpaired) electrons. The Kier molecular flexibility index (Phi) is 6.02. The molecule has 1 aromatic heterocycles. The Bertz CT molecular complexity index is 1180. The molecule has 1 atom stereocenters. The molecule has 0 spiro atoms. The van der Waals surface area contributed by atoms with Gasteiger partial charge in [-0.3, -0.25) is 0 Å². The van der Waals surface area contributed by atoms with Gasteiger partial charge in [0, 0.05) is 16.8 Å². The molecule has 7 nitrogen and oxygen atoms in total. The second-order valence-electron chi connectivity index (χ2n) is 7.26. The molecule has 0 fully saturated rings. The Morgan fingerprint density at radius 1 is 0.968 bits per heavy atom. The maximum absolute atomic E-state index is 10.7. The third-order valence-electron chi connectivity index (χ3n) is 5.40. The van der Waals surface area contributed by atoms with Gasteiger partial charge in [0.25, 0.3) is 5.09 Å². The zero-order chi connectivity index (χ0) is 21.8. The molecule has 3 aromatic carbocycles. The van der Waals surface area contributed by atoms with Gasteiger partial charge >= 0.3 is 7.12 Å². The fourth-order valence-electron chi connectivity index (χ4n) is 3.98. The van der Waals surface area contributed by atoms with Crippen LogP contribution in [-0.2, 0) is 4.84 Å². The molecule has 1 heterocycles. The smallest absolute Gasteiger partial charge is 0.423 e. The van der Waals surface area contributed by atoms with Crippen molar-refractivity contribution in [3.8, 4) is 11.3 Å². The number of rotatable bonds is 8. The van der Waals surface area contributed by atoms with Gasteiger partial charge in [-0.15, -0.1) is 10.1 Å². The van der Waals surface area contributed by atoms with E-state index in [0.29, 0.717) is 11.9 Å².